The van der Waals surface area contributed by atoms with E-state index in [4.69, 9.17) is 28.9 Å². The molecule has 1 aromatic rings. The third-order valence-corrected chi connectivity index (χ3v) is 3.95. The topological polar surface area (TPSA) is 29.3 Å². The van der Waals surface area contributed by atoms with Gasteiger partial charge < -0.3 is 10.6 Å². The minimum Gasteiger partial charge on any atom is -0.399 e. The zero-order valence-electron chi connectivity index (χ0n) is 10.0. The minimum absolute atomic E-state index is 0.618. The lowest BCUT2D eigenvalue weighted by atomic mass is 10.0. The Balaban J connectivity index is 2.27. The monoisotopic (exact) mass is 272 g/mol. The quantitative estimate of drug-likeness (QED) is 0.777. The van der Waals surface area contributed by atoms with Gasteiger partial charge in [-0.1, -0.05) is 30.1 Å². The van der Waals surface area contributed by atoms with Gasteiger partial charge in [0.05, 0.1) is 15.7 Å². The van der Waals surface area contributed by atoms with Crippen LogP contribution in [0.25, 0.3) is 0 Å². The van der Waals surface area contributed by atoms with Crippen molar-refractivity contribution in [2.45, 2.75) is 26.2 Å². The third kappa shape index (κ3) is 2.99. The van der Waals surface area contributed by atoms with Gasteiger partial charge >= 0.3 is 0 Å². The van der Waals surface area contributed by atoms with Crippen LogP contribution >= 0.6 is 23.2 Å². The van der Waals surface area contributed by atoms with Gasteiger partial charge in [0.1, 0.15) is 0 Å². The second-order valence-corrected chi connectivity index (χ2v) is 5.67. The van der Waals surface area contributed by atoms with Crippen LogP contribution in [-0.2, 0) is 0 Å². The molecule has 17 heavy (non-hydrogen) atoms. The van der Waals surface area contributed by atoms with E-state index in [0.29, 0.717) is 15.7 Å². The molecular formula is C13H18Cl2N2. The average molecular weight is 273 g/mol. The molecule has 1 unspecified atom stereocenters. The standard InChI is InChI=1S/C13H18Cl2N2/c1-9-3-2-5-17(6-4-9)13-11(14)7-10(16)8-12(13)15/h7-9H,2-6,16H2,1H3. The van der Waals surface area contributed by atoms with Gasteiger partial charge in [0.25, 0.3) is 0 Å². The summed E-state index contributed by atoms with van der Waals surface area (Å²) in [5.74, 6) is 0.784. The zero-order chi connectivity index (χ0) is 12.4. The summed E-state index contributed by atoms with van der Waals surface area (Å²) >= 11 is 12.5. The average Bonchev–Trinajstić information content (AvgIpc) is 2.42. The van der Waals surface area contributed by atoms with Crippen LogP contribution in [0.4, 0.5) is 11.4 Å². The van der Waals surface area contributed by atoms with Gasteiger partial charge in [-0.2, -0.15) is 0 Å². The summed E-state index contributed by atoms with van der Waals surface area (Å²) in [6.45, 7) is 4.34. The SMILES string of the molecule is CC1CCCN(c2c(Cl)cc(N)cc2Cl)CC1. The van der Waals surface area contributed by atoms with E-state index in [0.717, 1.165) is 24.7 Å². The van der Waals surface area contributed by atoms with Crippen LogP contribution in [0.1, 0.15) is 26.2 Å². The fraction of sp³-hybridized carbons (Fsp3) is 0.538. The van der Waals surface area contributed by atoms with Crippen molar-refractivity contribution in [3.8, 4) is 0 Å². The maximum absolute atomic E-state index is 6.25. The van der Waals surface area contributed by atoms with E-state index in [-0.39, 0.29) is 0 Å². The van der Waals surface area contributed by atoms with E-state index >= 15 is 0 Å². The maximum Gasteiger partial charge on any atom is 0.0746 e. The van der Waals surface area contributed by atoms with Gasteiger partial charge in [0, 0.05) is 18.8 Å². The Morgan fingerprint density at radius 3 is 2.47 bits per heavy atom. The number of nitrogens with two attached hydrogens (primary N) is 1. The largest absolute Gasteiger partial charge is 0.399 e. The Bertz CT molecular complexity index is 383. The van der Waals surface area contributed by atoms with Crippen molar-refractivity contribution in [3.05, 3.63) is 22.2 Å². The van der Waals surface area contributed by atoms with E-state index in [1.54, 1.807) is 12.1 Å². The van der Waals surface area contributed by atoms with Crippen molar-refractivity contribution in [1.29, 1.82) is 0 Å². The molecule has 0 spiro atoms. The maximum atomic E-state index is 6.25. The molecule has 0 bridgehead atoms. The summed E-state index contributed by atoms with van der Waals surface area (Å²) in [7, 11) is 0. The number of benzene rings is 1. The van der Waals surface area contributed by atoms with E-state index < -0.39 is 0 Å². The van der Waals surface area contributed by atoms with Crippen LogP contribution in [0.15, 0.2) is 12.1 Å². The van der Waals surface area contributed by atoms with Gasteiger partial charge in [-0.15, -0.1) is 0 Å². The molecule has 1 heterocycles. The van der Waals surface area contributed by atoms with Crippen molar-refractivity contribution < 1.29 is 0 Å². The number of hydrogen-bond acceptors (Lipinski definition) is 2. The molecule has 2 rings (SSSR count). The predicted octanol–water partition coefficient (Wildman–Crippen LogP) is 4.20. The first-order valence-corrected chi connectivity index (χ1v) is 6.83. The molecule has 1 aliphatic heterocycles. The normalized spacial score (nSPS) is 21.4. The van der Waals surface area contributed by atoms with Gasteiger partial charge in [-0.25, -0.2) is 0 Å². The Morgan fingerprint density at radius 2 is 1.82 bits per heavy atom. The molecule has 94 valence electrons. The first-order valence-electron chi connectivity index (χ1n) is 6.07. The third-order valence-electron chi connectivity index (χ3n) is 3.37. The molecule has 1 atom stereocenters. The number of hydrogen-bond donors (Lipinski definition) is 1. The highest BCUT2D eigenvalue weighted by molar-refractivity contribution is 6.39. The molecule has 1 aliphatic rings. The highest BCUT2D eigenvalue weighted by Crippen LogP contribution is 2.37. The fourth-order valence-corrected chi connectivity index (χ4v) is 3.12. The minimum atomic E-state index is 0.618. The van der Waals surface area contributed by atoms with Gasteiger partial charge in [-0.05, 0) is 37.3 Å². The van der Waals surface area contributed by atoms with Crippen LogP contribution in [-0.4, -0.2) is 13.1 Å². The number of nitrogen functional groups attached to an aromatic ring is 1. The second kappa shape index (κ2) is 5.36. The molecule has 4 heteroatoms. The number of anilines is 2. The van der Waals surface area contributed by atoms with Gasteiger partial charge in [-0.3, -0.25) is 0 Å². The summed E-state index contributed by atoms with van der Waals surface area (Å²) in [6, 6.07) is 3.55. The van der Waals surface area contributed by atoms with Crippen LogP contribution < -0.4 is 10.6 Å². The molecule has 1 fully saturated rings. The second-order valence-electron chi connectivity index (χ2n) is 4.86. The summed E-state index contributed by atoms with van der Waals surface area (Å²) in [6.07, 6.45) is 3.66. The lowest BCUT2D eigenvalue weighted by Gasteiger charge is -2.25. The summed E-state index contributed by atoms with van der Waals surface area (Å²) in [4.78, 5) is 2.29. The highest BCUT2D eigenvalue weighted by atomic mass is 35.5. The lowest BCUT2D eigenvalue weighted by Crippen LogP contribution is -2.24. The molecule has 0 radical (unpaired) electrons. The van der Waals surface area contributed by atoms with E-state index in [2.05, 4.69) is 11.8 Å². The van der Waals surface area contributed by atoms with Crippen molar-refractivity contribution in [3.63, 3.8) is 0 Å². The fourth-order valence-electron chi connectivity index (χ4n) is 2.37. The smallest absolute Gasteiger partial charge is 0.0746 e. The first-order chi connectivity index (χ1) is 8.08. The summed E-state index contributed by atoms with van der Waals surface area (Å²) in [5.41, 5.74) is 7.28. The molecule has 2 N–H and O–H groups in total. The van der Waals surface area contributed by atoms with Crippen LogP contribution in [0.5, 0.6) is 0 Å². The van der Waals surface area contributed by atoms with Crippen molar-refractivity contribution in [2.75, 3.05) is 23.7 Å². The van der Waals surface area contributed by atoms with Crippen LogP contribution in [0.3, 0.4) is 0 Å². The molecule has 0 aliphatic carbocycles. The predicted molar refractivity (Wildman–Crippen MR) is 76.1 cm³/mol. The Labute approximate surface area is 113 Å². The van der Waals surface area contributed by atoms with Crippen LogP contribution in [0.2, 0.25) is 10.0 Å². The van der Waals surface area contributed by atoms with E-state index in [9.17, 15) is 0 Å². The van der Waals surface area contributed by atoms with Gasteiger partial charge in [0.15, 0.2) is 0 Å². The van der Waals surface area contributed by atoms with E-state index in [1.807, 2.05) is 0 Å². The molecular weight excluding hydrogens is 255 g/mol. The molecule has 0 saturated carbocycles. The molecule has 1 aromatic carbocycles. The first kappa shape index (κ1) is 12.8. The summed E-state index contributed by atoms with van der Waals surface area (Å²) in [5, 5.41) is 1.31. The van der Waals surface area contributed by atoms with Crippen molar-refractivity contribution in [2.24, 2.45) is 5.92 Å². The number of halogens is 2. The van der Waals surface area contributed by atoms with Crippen LogP contribution in [0, 0.1) is 5.92 Å². The zero-order valence-corrected chi connectivity index (χ0v) is 11.6. The van der Waals surface area contributed by atoms with Crippen molar-refractivity contribution in [1.82, 2.24) is 0 Å². The highest BCUT2D eigenvalue weighted by Gasteiger charge is 2.18. The van der Waals surface area contributed by atoms with Crippen molar-refractivity contribution >= 4 is 34.6 Å². The Morgan fingerprint density at radius 1 is 1.18 bits per heavy atom. The molecule has 0 aromatic heterocycles. The van der Waals surface area contributed by atoms with E-state index in [1.165, 1.54) is 19.3 Å². The molecule has 1 saturated heterocycles. The summed E-state index contributed by atoms with van der Waals surface area (Å²) < 4.78 is 0. The number of nitrogens with zero attached hydrogens (tertiary/aromatic N) is 1. The van der Waals surface area contributed by atoms with Gasteiger partial charge in [0.2, 0.25) is 0 Å². The Hall–Kier alpha value is -0.600. The molecule has 0 amide bonds. The molecule has 2 nitrogen and oxygen atoms in total. The Kier molecular flexibility index (Phi) is 4.05. The number of rotatable bonds is 1. The lowest BCUT2D eigenvalue weighted by molar-refractivity contribution is 0.521.